The molecule has 0 fully saturated rings. The monoisotopic (exact) mass is 375 g/mol. The first-order valence-electron chi connectivity index (χ1n) is 6.90. The molecule has 0 aromatic heterocycles. The summed E-state index contributed by atoms with van der Waals surface area (Å²) in [6.07, 6.45) is 3.97. The summed E-state index contributed by atoms with van der Waals surface area (Å²) in [6.45, 7) is 5.81. The number of carbonyl (C=O) groups excluding carboxylic acids is 1. The van der Waals surface area contributed by atoms with E-state index in [1.165, 1.54) is 0 Å². The smallest absolute Gasteiger partial charge is 0.409 e. The fourth-order valence-corrected chi connectivity index (χ4v) is 2.18. The van der Waals surface area contributed by atoms with E-state index in [1.807, 2.05) is 29.2 Å². The summed E-state index contributed by atoms with van der Waals surface area (Å²) < 4.78 is 6.44. The minimum atomic E-state index is -0.231. The van der Waals surface area contributed by atoms with Crippen LogP contribution in [0.4, 0.5) is 4.79 Å². The Balaban J connectivity index is 2.62. The highest BCUT2D eigenvalue weighted by atomic mass is 127. The van der Waals surface area contributed by atoms with Gasteiger partial charge in [0.1, 0.15) is 5.75 Å². The van der Waals surface area contributed by atoms with E-state index in [4.69, 9.17) is 4.74 Å². The van der Waals surface area contributed by atoms with Gasteiger partial charge in [-0.1, -0.05) is 38.8 Å². The maximum atomic E-state index is 12.2. The molecule has 19 heavy (non-hydrogen) atoms. The first-order valence-corrected chi connectivity index (χ1v) is 7.98. The van der Waals surface area contributed by atoms with Gasteiger partial charge in [0.25, 0.3) is 0 Å². The summed E-state index contributed by atoms with van der Waals surface area (Å²) in [4.78, 5) is 14.0. The van der Waals surface area contributed by atoms with Gasteiger partial charge in [0, 0.05) is 13.1 Å². The molecule has 0 radical (unpaired) electrons. The van der Waals surface area contributed by atoms with Gasteiger partial charge in [0.15, 0.2) is 0 Å². The van der Waals surface area contributed by atoms with Gasteiger partial charge in [-0.15, -0.1) is 0 Å². The highest BCUT2D eigenvalue weighted by Crippen LogP contribution is 2.20. The zero-order chi connectivity index (χ0) is 14.1. The van der Waals surface area contributed by atoms with Crippen molar-refractivity contribution in [1.29, 1.82) is 0 Å². The molecule has 1 amide bonds. The standard InChI is InChI=1S/C15H22INO2/c1-3-5-11-17(12-6-4-2)15(18)19-14-10-8-7-9-13(14)16/h7-10H,3-6,11-12H2,1-2H3. The lowest BCUT2D eigenvalue weighted by atomic mass is 10.3. The van der Waals surface area contributed by atoms with E-state index in [0.29, 0.717) is 5.75 Å². The van der Waals surface area contributed by atoms with E-state index in [2.05, 4.69) is 36.4 Å². The van der Waals surface area contributed by atoms with Gasteiger partial charge in [-0.2, -0.15) is 0 Å². The normalized spacial score (nSPS) is 10.3. The highest BCUT2D eigenvalue weighted by Gasteiger charge is 2.15. The van der Waals surface area contributed by atoms with E-state index >= 15 is 0 Å². The number of benzene rings is 1. The number of para-hydroxylation sites is 1. The molecule has 0 spiro atoms. The van der Waals surface area contributed by atoms with Gasteiger partial charge in [0.2, 0.25) is 0 Å². The van der Waals surface area contributed by atoms with Crippen LogP contribution in [-0.2, 0) is 0 Å². The van der Waals surface area contributed by atoms with Crippen molar-refractivity contribution in [3.63, 3.8) is 0 Å². The van der Waals surface area contributed by atoms with Gasteiger partial charge in [0.05, 0.1) is 3.57 Å². The van der Waals surface area contributed by atoms with Crippen molar-refractivity contribution in [3.8, 4) is 5.75 Å². The lowest BCUT2D eigenvalue weighted by Crippen LogP contribution is -2.35. The van der Waals surface area contributed by atoms with Crippen molar-refractivity contribution < 1.29 is 9.53 Å². The first-order chi connectivity index (χ1) is 9.19. The third-order valence-corrected chi connectivity index (χ3v) is 3.75. The van der Waals surface area contributed by atoms with Crippen LogP contribution in [0.2, 0.25) is 0 Å². The van der Waals surface area contributed by atoms with E-state index in [9.17, 15) is 4.79 Å². The van der Waals surface area contributed by atoms with Crippen LogP contribution in [0.25, 0.3) is 0 Å². The van der Waals surface area contributed by atoms with Crippen LogP contribution < -0.4 is 4.74 Å². The average molecular weight is 375 g/mol. The number of carbonyl (C=O) groups is 1. The Kier molecular flexibility index (Phi) is 7.86. The number of ether oxygens (including phenoxy) is 1. The van der Waals surface area contributed by atoms with Crippen LogP contribution in [0.1, 0.15) is 39.5 Å². The Morgan fingerprint density at radius 3 is 2.26 bits per heavy atom. The average Bonchev–Trinajstić information content (AvgIpc) is 2.41. The summed E-state index contributed by atoms with van der Waals surface area (Å²) in [5.74, 6) is 0.645. The predicted molar refractivity (Wildman–Crippen MR) is 86.6 cm³/mol. The summed E-state index contributed by atoms with van der Waals surface area (Å²) >= 11 is 2.18. The molecule has 0 saturated carbocycles. The van der Waals surface area contributed by atoms with Crippen molar-refractivity contribution in [2.24, 2.45) is 0 Å². The van der Waals surface area contributed by atoms with Crippen molar-refractivity contribution in [1.82, 2.24) is 4.90 Å². The molecule has 1 aromatic carbocycles. The summed E-state index contributed by atoms with van der Waals surface area (Å²) in [6, 6.07) is 7.58. The molecule has 0 atom stereocenters. The molecule has 106 valence electrons. The van der Waals surface area contributed by atoms with Gasteiger partial charge in [-0.05, 0) is 47.6 Å². The van der Waals surface area contributed by atoms with E-state index in [0.717, 1.165) is 42.3 Å². The van der Waals surface area contributed by atoms with Crippen molar-refractivity contribution in [2.45, 2.75) is 39.5 Å². The first kappa shape index (κ1) is 16.3. The SMILES string of the molecule is CCCCN(CCCC)C(=O)Oc1ccccc1I. The second-order valence-corrected chi connectivity index (χ2v) is 5.65. The Hall–Kier alpha value is -0.780. The predicted octanol–water partition coefficient (Wildman–Crippen LogP) is 4.69. The quantitative estimate of drug-likeness (QED) is 0.647. The summed E-state index contributed by atoms with van der Waals surface area (Å²) in [7, 11) is 0. The second-order valence-electron chi connectivity index (χ2n) is 4.49. The molecule has 4 heteroatoms. The molecule has 3 nitrogen and oxygen atoms in total. The number of rotatable bonds is 7. The molecule has 0 aliphatic carbocycles. The summed E-state index contributed by atoms with van der Waals surface area (Å²) in [5, 5.41) is 0. The van der Waals surface area contributed by atoms with Crippen LogP contribution in [0.3, 0.4) is 0 Å². The maximum Gasteiger partial charge on any atom is 0.415 e. The van der Waals surface area contributed by atoms with Gasteiger partial charge < -0.3 is 9.64 Å². The van der Waals surface area contributed by atoms with E-state index in [1.54, 1.807) is 0 Å². The molecule has 0 bridgehead atoms. The third-order valence-electron chi connectivity index (χ3n) is 2.86. The highest BCUT2D eigenvalue weighted by molar-refractivity contribution is 14.1. The Morgan fingerprint density at radius 2 is 1.74 bits per heavy atom. The molecule has 0 saturated heterocycles. The number of hydrogen-bond donors (Lipinski definition) is 0. The zero-order valence-electron chi connectivity index (χ0n) is 11.7. The molecule has 0 N–H and O–H groups in total. The summed E-state index contributed by atoms with van der Waals surface area (Å²) in [5.41, 5.74) is 0. The largest absolute Gasteiger partial charge is 0.415 e. The molecular weight excluding hydrogens is 353 g/mol. The van der Waals surface area contributed by atoms with Crippen molar-refractivity contribution >= 4 is 28.7 Å². The van der Waals surface area contributed by atoms with Gasteiger partial charge in [-0.25, -0.2) is 4.79 Å². The fraction of sp³-hybridized carbons (Fsp3) is 0.533. The Labute approximate surface area is 129 Å². The fourth-order valence-electron chi connectivity index (χ4n) is 1.68. The molecule has 0 unspecified atom stereocenters. The molecule has 0 aliphatic rings. The molecule has 1 rings (SSSR count). The van der Waals surface area contributed by atoms with Gasteiger partial charge >= 0.3 is 6.09 Å². The molecule has 1 aromatic rings. The van der Waals surface area contributed by atoms with Gasteiger partial charge in [-0.3, -0.25) is 0 Å². The van der Waals surface area contributed by atoms with Crippen molar-refractivity contribution in [2.75, 3.05) is 13.1 Å². The van der Waals surface area contributed by atoms with E-state index < -0.39 is 0 Å². The minimum absolute atomic E-state index is 0.231. The number of amides is 1. The number of nitrogens with zero attached hydrogens (tertiary/aromatic N) is 1. The van der Waals surface area contributed by atoms with Crippen LogP contribution in [0, 0.1) is 3.57 Å². The Morgan fingerprint density at radius 1 is 1.16 bits per heavy atom. The lowest BCUT2D eigenvalue weighted by Gasteiger charge is -2.21. The number of hydrogen-bond acceptors (Lipinski definition) is 2. The molecule has 0 heterocycles. The molecular formula is C15H22INO2. The van der Waals surface area contributed by atoms with Crippen molar-refractivity contribution in [3.05, 3.63) is 27.8 Å². The third kappa shape index (κ3) is 5.80. The number of unbranched alkanes of at least 4 members (excludes halogenated alkanes) is 2. The second kappa shape index (κ2) is 9.18. The number of halogens is 1. The minimum Gasteiger partial charge on any atom is -0.409 e. The van der Waals surface area contributed by atoms with E-state index in [-0.39, 0.29) is 6.09 Å². The van der Waals surface area contributed by atoms with Crippen LogP contribution >= 0.6 is 22.6 Å². The lowest BCUT2D eigenvalue weighted by molar-refractivity contribution is 0.150. The Bertz CT molecular complexity index is 387. The topological polar surface area (TPSA) is 29.5 Å². The maximum absolute atomic E-state index is 12.2. The zero-order valence-corrected chi connectivity index (χ0v) is 13.9. The van der Waals surface area contributed by atoms with Crippen LogP contribution in [0.15, 0.2) is 24.3 Å². The molecule has 0 aliphatic heterocycles. The van der Waals surface area contributed by atoms with Crippen LogP contribution in [0.5, 0.6) is 5.75 Å². The van der Waals surface area contributed by atoms with Crippen LogP contribution in [-0.4, -0.2) is 24.1 Å².